The van der Waals surface area contributed by atoms with Gasteiger partial charge in [0.15, 0.2) is 0 Å². The molecule has 1 aromatic carbocycles. The van der Waals surface area contributed by atoms with Gasteiger partial charge in [0.25, 0.3) is 0 Å². The van der Waals surface area contributed by atoms with Crippen LogP contribution in [-0.2, 0) is 16.0 Å². The van der Waals surface area contributed by atoms with Gasteiger partial charge in [-0.25, -0.2) is 0 Å². The van der Waals surface area contributed by atoms with E-state index in [1.54, 1.807) is 12.1 Å². The molecule has 0 unspecified atom stereocenters. The zero-order valence-electron chi connectivity index (χ0n) is 12.1. The van der Waals surface area contributed by atoms with Crippen LogP contribution in [0.25, 0.3) is 0 Å². The Labute approximate surface area is 124 Å². The normalized spacial score (nSPS) is 12.2. The molecule has 0 aliphatic carbocycles. The van der Waals surface area contributed by atoms with E-state index >= 15 is 0 Å². The molecule has 0 bridgehead atoms. The fourth-order valence-electron chi connectivity index (χ4n) is 1.80. The van der Waals surface area contributed by atoms with Crippen molar-refractivity contribution in [3.05, 3.63) is 34.9 Å². The zero-order chi connectivity index (χ0) is 15.1. The molecule has 0 saturated carbocycles. The number of Topliss-reactive ketones (excluding diaryl/α,β-unsaturated/α-hetero) is 1. The van der Waals surface area contributed by atoms with Gasteiger partial charge in [-0.3, -0.25) is 14.9 Å². The van der Waals surface area contributed by atoms with E-state index in [9.17, 15) is 9.59 Å². The lowest BCUT2D eigenvalue weighted by Gasteiger charge is -2.16. The third-order valence-corrected chi connectivity index (χ3v) is 3.05. The van der Waals surface area contributed by atoms with E-state index in [-0.39, 0.29) is 30.3 Å². The van der Waals surface area contributed by atoms with Crippen LogP contribution in [-0.4, -0.2) is 30.3 Å². The third kappa shape index (κ3) is 6.17. The van der Waals surface area contributed by atoms with E-state index in [4.69, 9.17) is 11.6 Å². The lowest BCUT2D eigenvalue weighted by Crippen LogP contribution is -2.44. The van der Waals surface area contributed by atoms with Crippen LogP contribution in [0.5, 0.6) is 0 Å². The molecule has 0 heterocycles. The Balaban J connectivity index is 2.55. The van der Waals surface area contributed by atoms with Crippen LogP contribution in [0.15, 0.2) is 24.3 Å². The number of nitrogens with one attached hydrogen (secondary N) is 2. The number of halogens is 1. The molecule has 4 nitrogen and oxygen atoms in total. The average Bonchev–Trinajstić information content (AvgIpc) is 2.35. The van der Waals surface area contributed by atoms with E-state index < -0.39 is 0 Å². The fraction of sp³-hybridized carbons (Fsp3) is 0.467. The molecule has 110 valence electrons. The van der Waals surface area contributed by atoms with Crippen molar-refractivity contribution in [2.24, 2.45) is 0 Å². The standard InChI is InChI=1S/C15H21ClN2O2/c1-10(2)18-15(20)9-17-14(11(3)19)8-12-4-6-13(16)7-5-12/h4-7,10,14,17H,8-9H2,1-3H3,(H,18,20)/t14-/m1/s1. The van der Waals surface area contributed by atoms with Crippen LogP contribution >= 0.6 is 11.6 Å². The van der Waals surface area contributed by atoms with Crippen LogP contribution in [0.4, 0.5) is 0 Å². The molecule has 1 rings (SSSR count). The van der Waals surface area contributed by atoms with Crippen LogP contribution < -0.4 is 10.6 Å². The predicted octanol–water partition coefficient (Wildman–Crippen LogP) is 1.95. The summed E-state index contributed by atoms with van der Waals surface area (Å²) in [5.41, 5.74) is 1.01. The highest BCUT2D eigenvalue weighted by atomic mass is 35.5. The fourth-order valence-corrected chi connectivity index (χ4v) is 1.93. The van der Waals surface area contributed by atoms with Gasteiger partial charge >= 0.3 is 0 Å². The van der Waals surface area contributed by atoms with Crippen molar-refractivity contribution >= 4 is 23.3 Å². The maximum atomic E-state index is 11.6. The largest absolute Gasteiger partial charge is 0.353 e. The molecular formula is C15H21ClN2O2. The Kier molecular flexibility index (Phi) is 6.68. The van der Waals surface area contributed by atoms with Crippen LogP contribution in [0.2, 0.25) is 5.02 Å². The number of hydrogen-bond acceptors (Lipinski definition) is 3. The zero-order valence-corrected chi connectivity index (χ0v) is 12.8. The summed E-state index contributed by atoms with van der Waals surface area (Å²) in [5, 5.41) is 6.44. The Bertz CT molecular complexity index is 457. The van der Waals surface area contributed by atoms with E-state index in [1.165, 1.54) is 6.92 Å². The van der Waals surface area contributed by atoms with E-state index in [0.717, 1.165) is 5.56 Å². The summed E-state index contributed by atoms with van der Waals surface area (Å²) < 4.78 is 0. The molecule has 0 aliphatic rings. The summed E-state index contributed by atoms with van der Waals surface area (Å²) in [7, 11) is 0. The summed E-state index contributed by atoms with van der Waals surface area (Å²) in [6, 6.07) is 7.08. The van der Waals surface area contributed by atoms with Crippen molar-refractivity contribution in [2.45, 2.75) is 39.3 Å². The second-order valence-electron chi connectivity index (χ2n) is 5.10. The van der Waals surface area contributed by atoms with Gasteiger partial charge in [0.1, 0.15) is 5.78 Å². The van der Waals surface area contributed by atoms with Gasteiger partial charge in [0.2, 0.25) is 5.91 Å². The van der Waals surface area contributed by atoms with Gasteiger partial charge in [-0.05, 0) is 44.9 Å². The molecule has 0 saturated heterocycles. The number of hydrogen-bond donors (Lipinski definition) is 2. The van der Waals surface area contributed by atoms with Crippen LogP contribution in [0, 0.1) is 0 Å². The lowest BCUT2D eigenvalue weighted by atomic mass is 10.0. The molecule has 20 heavy (non-hydrogen) atoms. The minimum atomic E-state index is -0.367. The van der Waals surface area contributed by atoms with Gasteiger partial charge in [0, 0.05) is 11.1 Å². The van der Waals surface area contributed by atoms with Crippen molar-refractivity contribution in [1.82, 2.24) is 10.6 Å². The van der Waals surface area contributed by atoms with Crippen molar-refractivity contribution < 1.29 is 9.59 Å². The Morgan fingerprint density at radius 3 is 2.30 bits per heavy atom. The van der Waals surface area contributed by atoms with E-state index in [1.807, 2.05) is 26.0 Å². The van der Waals surface area contributed by atoms with Gasteiger partial charge in [-0.2, -0.15) is 0 Å². The number of amides is 1. The van der Waals surface area contributed by atoms with E-state index in [2.05, 4.69) is 10.6 Å². The van der Waals surface area contributed by atoms with E-state index in [0.29, 0.717) is 11.4 Å². The third-order valence-electron chi connectivity index (χ3n) is 2.80. The number of benzene rings is 1. The lowest BCUT2D eigenvalue weighted by molar-refractivity contribution is -0.121. The Hall–Kier alpha value is -1.39. The number of carbonyl (C=O) groups is 2. The van der Waals surface area contributed by atoms with Crippen molar-refractivity contribution in [2.75, 3.05) is 6.54 Å². The van der Waals surface area contributed by atoms with Crippen molar-refractivity contribution in [3.63, 3.8) is 0 Å². The topological polar surface area (TPSA) is 58.2 Å². The maximum Gasteiger partial charge on any atom is 0.234 e. The second-order valence-corrected chi connectivity index (χ2v) is 5.53. The molecule has 0 aliphatic heterocycles. The molecule has 1 aromatic rings. The maximum absolute atomic E-state index is 11.6. The number of carbonyl (C=O) groups excluding carboxylic acids is 2. The van der Waals surface area contributed by atoms with Gasteiger partial charge in [0.05, 0.1) is 12.6 Å². The van der Waals surface area contributed by atoms with Crippen LogP contribution in [0.3, 0.4) is 0 Å². The summed E-state index contributed by atoms with van der Waals surface area (Å²) >= 11 is 5.83. The summed E-state index contributed by atoms with van der Waals surface area (Å²) in [6.07, 6.45) is 0.543. The molecule has 1 atom stereocenters. The monoisotopic (exact) mass is 296 g/mol. The molecule has 5 heteroatoms. The SMILES string of the molecule is CC(=O)[C@@H](Cc1ccc(Cl)cc1)NCC(=O)NC(C)C. The summed E-state index contributed by atoms with van der Waals surface area (Å²) in [4.78, 5) is 23.2. The summed E-state index contributed by atoms with van der Waals surface area (Å²) in [5.74, 6) is -0.0975. The Morgan fingerprint density at radius 1 is 1.20 bits per heavy atom. The minimum absolute atomic E-state index is 0.0114. The highest BCUT2D eigenvalue weighted by Crippen LogP contribution is 2.11. The molecule has 0 radical (unpaired) electrons. The smallest absolute Gasteiger partial charge is 0.234 e. The first-order chi connectivity index (χ1) is 9.38. The average molecular weight is 297 g/mol. The summed E-state index contributed by atoms with van der Waals surface area (Å²) in [6.45, 7) is 5.45. The highest BCUT2D eigenvalue weighted by Gasteiger charge is 2.16. The van der Waals surface area contributed by atoms with Crippen molar-refractivity contribution in [1.29, 1.82) is 0 Å². The predicted molar refractivity (Wildman–Crippen MR) is 80.9 cm³/mol. The quantitative estimate of drug-likeness (QED) is 0.808. The first kappa shape index (κ1) is 16.7. The molecular weight excluding hydrogens is 276 g/mol. The molecule has 2 N–H and O–H groups in total. The molecule has 0 fully saturated rings. The minimum Gasteiger partial charge on any atom is -0.353 e. The van der Waals surface area contributed by atoms with Gasteiger partial charge in [-0.1, -0.05) is 23.7 Å². The second kappa shape index (κ2) is 8.02. The highest BCUT2D eigenvalue weighted by molar-refractivity contribution is 6.30. The molecule has 0 aromatic heterocycles. The molecule has 1 amide bonds. The number of ketones is 1. The van der Waals surface area contributed by atoms with Crippen LogP contribution in [0.1, 0.15) is 26.3 Å². The van der Waals surface area contributed by atoms with Gasteiger partial charge < -0.3 is 5.32 Å². The first-order valence-corrected chi connectivity index (χ1v) is 7.04. The Morgan fingerprint density at radius 2 is 1.80 bits per heavy atom. The number of rotatable bonds is 7. The van der Waals surface area contributed by atoms with Crippen molar-refractivity contribution in [3.8, 4) is 0 Å². The first-order valence-electron chi connectivity index (χ1n) is 6.66. The van der Waals surface area contributed by atoms with Gasteiger partial charge in [-0.15, -0.1) is 0 Å². The molecule has 0 spiro atoms.